The number of ether oxygens (including phenoxy) is 1. The zero-order chi connectivity index (χ0) is 16.5. The van der Waals surface area contributed by atoms with E-state index in [1.165, 1.54) is 0 Å². The number of nitrogens with zero attached hydrogens (tertiary/aromatic N) is 3. The van der Waals surface area contributed by atoms with Gasteiger partial charge in [0.15, 0.2) is 0 Å². The summed E-state index contributed by atoms with van der Waals surface area (Å²) in [5, 5.41) is 9.77. The van der Waals surface area contributed by atoms with Crippen molar-refractivity contribution in [3.8, 4) is 11.3 Å². The number of carboxylic acids is 1. The lowest BCUT2D eigenvalue weighted by molar-refractivity contribution is 0.0694. The van der Waals surface area contributed by atoms with E-state index >= 15 is 0 Å². The molecule has 6 heteroatoms. The summed E-state index contributed by atoms with van der Waals surface area (Å²) in [6.45, 7) is 3.19. The van der Waals surface area contributed by atoms with E-state index in [1.54, 1.807) is 24.5 Å². The van der Waals surface area contributed by atoms with Crippen LogP contribution in [-0.4, -0.2) is 51.7 Å². The molecule has 0 unspecified atom stereocenters. The van der Waals surface area contributed by atoms with E-state index in [1.807, 2.05) is 6.20 Å². The Labute approximate surface area is 140 Å². The maximum absolute atomic E-state index is 11.9. The standard InChI is InChI=1S/C18H19N3O3/c22-18(23)16-15-3-7-21(14-4-8-24-11-14)10-13(15)9-20-17(16)12-1-5-19-6-2-12/h1-2,5-6,9,14H,3-4,7-8,10-11H2,(H,22,23)/t14-/m0/s1. The molecule has 0 bridgehead atoms. The molecule has 4 rings (SSSR count). The monoisotopic (exact) mass is 325 g/mol. The van der Waals surface area contributed by atoms with Crippen molar-refractivity contribution >= 4 is 5.97 Å². The third kappa shape index (κ3) is 2.68. The fraction of sp³-hybridized carbons (Fsp3) is 0.389. The molecule has 1 fully saturated rings. The Kier molecular flexibility index (Phi) is 4.00. The lowest BCUT2D eigenvalue weighted by atomic mass is 9.92. The highest BCUT2D eigenvalue weighted by atomic mass is 16.5. The molecule has 1 N–H and O–H groups in total. The fourth-order valence-electron chi connectivity index (χ4n) is 3.64. The van der Waals surface area contributed by atoms with Crippen LogP contribution in [0.15, 0.2) is 30.7 Å². The first kappa shape index (κ1) is 15.2. The molecule has 1 saturated heterocycles. The first-order chi connectivity index (χ1) is 11.7. The summed E-state index contributed by atoms with van der Waals surface area (Å²) in [5.74, 6) is -0.913. The molecule has 0 spiro atoms. The molecule has 4 heterocycles. The van der Waals surface area contributed by atoms with Gasteiger partial charge in [0.25, 0.3) is 0 Å². The molecule has 0 amide bonds. The Bertz CT molecular complexity index is 758. The fourth-order valence-corrected chi connectivity index (χ4v) is 3.64. The van der Waals surface area contributed by atoms with E-state index in [0.29, 0.717) is 17.3 Å². The van der Waals surface area contributed by atoms with Crippen molar-refractivity contribution in [3.63, 3.8) is 0 Å². The van der Waals surface area contributed by atoms with E-state index in [9.17, 15) is 9.90 Å². The molecule has 1 atom stereocenters. The van der Waals surface area contributed by atoms with Crippen LogP contribution in [0.2, 0.25) is 0 Å². The first-order valence-corrected chi connectivity index (χ1v) is 8.20. The van der Waals surface area contributed by atoms with Crippen molar-refractivity contribution < 1.29 is 14.6 Å². The van der Waals surface area contributed by atoms with Crippen molar-refractivity contribution in [2.24, 2.45) is 0 Å². The normalized spacial score (nSPS) is 20.8. The first-order valence-electron chi connectivity index (χ1n) is 8.20. The van der Waals surface area contributed by atoms with Gasteiger partial charge >= 0.3 is 5.97 Å². The van der Waals surface area contributed by atoms with Gasteiger partial charge in [0.2, 0.25) is 0 Å². The van der Waals surface area contributed by atoms with Crippen molar-refractivity contribution in [3.05, 3.63) is 47.4 Å². The predicted octanol–water partition coefficient (Wildman–Crippen LogP) is 1.99. The van der Waals surface area contributed by atoms with Gasteiger partial charge in [-0.2, -0.15) is 0 Å². The van der Waals surface area contributed by atoms with Gasteiger partial charge in [-0.3, -0.25) is 14.9 Å². The molecule has 2 aromatic rings. The van der Waals surface area contributed by atoms with Gasteiger partial charge in [-0.05, 0) is 36.1 Å². The lowest BCUT2D eigenvalue weighted by Gasteiger charge is -2.33. The predicted molar refractivity (Wildman–Crippen MR) is 87.8 cm³/mol. The summed E-state index contributed by atoms with van der Waals surface area (Å²) in [6.07, 6.45) is 6.92. The van der Waals surface area contributed by atoms with Gasteiger partial charge in [-0.25, -0.2) is 4.79 Å². The molecule has 0 saturated carbocycles. The smallest absolute Gasteiger partial charge is 0.338 e. The molecule has 24 heavy (non-hydrogen) atoms. The van der Waals surface area contributed by atoms with E-state index in [2.05, 4.69) is 14.9 Å². The molecular formula is C18H19N3O3. The number of aromatic nitrogens is 2. The van der Waals surface area contributed by atoms with Gasteiger partial charge < -0.3 is 9.84 Å². The van der Waals surface area contributed by atoms with Gasteiger partial charge in [-0.1, -0.05) is 0 Å². The van der Waals surface area contributed by atoms with E-state index in [4.69, 9.17) is 4.74 Å². The molecule has 0 aliphatic carbocycles. The molecule has 2 aromatic heterocycles. The van der Waals surface area contributed by atoms with Gasteiger partial charge in [0.1, 0.15) is 0 Å². The van der Waals surface area contributed by atoms with Crippen molar-refractivity contribution in [2.45, 2.75) is 25.4 Å². The van der Waals surface area contributed by atoms with Crippen LogP contribution < -0.4 is 0 Å². The Morgan fingerprint density at radius 2 is 2.17 bits per heavy atom. The number of hydrogen-bond acceptors (Lipinski definition) is 5. The quantitative estimate of drug-likeness (QED) is 0.930. The minimum atomic E-state index is -0.913. The summed E-state index contributed by atoms with van der Waals surface area (Å²) < 4.78 is 5.48. The Balaban J connectivity index is 1.73. The van der Waals surface area contributed by atoms with Crippen LogP contribution in [0, 0.1) is 0 Å². The highest BCUT2D eigenvalue weighted by Crippen LogP contribution is 2.31. The van der Waals surface area contributed by atoms with Crippen molar-refractivity contribution in [2.75, 3.05) is 19.8 Å². The second kappa shape index (κ2) is 6.30. The zero-order valence-corrected chi connectivity index (χ0v) is 13.3. The third-order valence-corrected chi connectivity index (χ3v) is 4.89. The maximum atomic E-state index is 11.9. The highest BCUT2D eigenvalue weighted by molar-refractivity contribution is 5.96. The van der Waals surface area contributed by atoms with E-state index < -0.39 is 5.97 Å². The third-order valence-electron chi connectivity index (χ3n) is 4.89. The van der Waals surface area contributed by atoms with Crippen LogP contribution in [0.3, 0.4) is 0 Å². The SMILES string of the molecule is O=C(O)c1c(-c2ccncc2)ncc2c1CCN([C@H]1CCOC1)C2. The average molecular weight is 325 g/mol. The number of pyridine rings is 2. The number of aromatic carboxylic acids is 1. The van der Waals surface area contributed by atoms with Crippen LogP contribution in [0.4, 0.5) is 0 Å². The van der Waals surface area contributed by atoms with Crippen molar-refractivity contribution in [1.82, 2.24) is 14.9 Å². The minimum absolute atomic E-state index is 0.334. The summed E-state index contributed by atoms with van der Waals surface area (Å²) >= 11 is 0. The zero-order valence-electron chi connectivity index (χ0n) is 13.3. The van der Waals surface area contributed by atoms with Crippen LogP contribution in [0.5, 0.6) is 0 Å². The molecule has 124 valence electrons. The van der Waals surface area contributed by atoms with Crippen LogP contribution in [0.1, 0.15) is 27.9 Å². The molecule has 0 aromatic carbocycles. The summed E-state index contributed by atoms with van der Waals surface area (Å²) in [5.41, 5.74) is 3.59. The van der Waals surface area contributed by atoms with E-state index in [-0.39, 0.29) is 0 Å². The second-order valence-corrected chi connectivity index (χ2v) is 6.26. The van der Waals surface area contributed by atoms with Crippen LogP contribution >= 0.6 is 0 Å². The van der Waals surface area contributed by atoms with Gasteiger partial charge in [0.05, 0.1) is 17.9 Å². The summed E-state index contributed by atoms with van der Waals surface area (Å²) in [6, 6.07) is 4.03. The number of rotatable bonds is 3. The van der Waals surface area contributed by atoms with Gasteiger partial charge in [-0.15, -0.1) is 0 Å². The highest BCUT2D eigenvalue weighted by Gasteiger charge is 2.30. The Morgan fingerprint density at radius 1 is 1.33 bits per heavy atom. The molecule has 0 radical (unpaired) electrons. The van der Waals surface area contributed by atoms with Crippen molar-refractivity contribution in [1.29, 1.82) is 0 Å². The topological polar surface area (TPSA) is 75.5 Å². The number of carboxylic acid groups (broad SMARTS) is 1. The largest absolute Gasteiger partial charge is 0.478 e. The van der Waals surface area contributed by atoms with E-state index in [0.717, 1.165) is 55.8 Å². The lowest BCUT2D eigenvalue weighted by Crippen LogP contribution is -2.40. The average Bonchev–Trinajstić information content (AvgIpc) is 3.15. The number of fused-ring (bicyclic) bond motifs is 1. The number of hydrogen-bond donors (Lipinski definition) is 1. The van der Waals surface area contributed by atoms with Gasteiger partial charge in [0, 0.05) is 49.9 Å². The molecular weight excluding hydrogens is 306 g/mol. The maximum Gasteiger partial charge on any atom is 0.338 e. The minimum Gasteiger partial charge on any atom is -0.478 e. The Hall–Kier alpha value is -2.31. The Morgan fingerprint density at radius 3 is 2.88 bits per heavy atom. The molecule has 6 nitrogen and oxygen atoms in total. The summed E-state index contributed by atoms with van der Waals surface area (Å²) in [7, 11) is 0. The van der Waals surface area contributed by atoms with Crippen LogP contribution in [0.25, 0.3) is 11.3 Å². The molecule has 2 aliphatic heterocycles. The van der Waals surface area contributed by atoms with Crippen LogP contribution in [-0.2, 0) is 17.7 Å². The second-order valence-electron chi connectivity index (χ2n) is 6.26. The summed E-state index contributed by atoms with van der Waals surface area (Å²) in [4.78, 5) is 22.8. The molecule has 2 aliphatic rings. The number of carbonyl (C=O) groups is 1.